The minimum atomic E-state index is -0.617. The number of rotatable bonds is 6. The second-order valence-electron chi connectivity index (χ2n) is 7.80. The Hall–Kier alpha value is -1.57. The van der Waals surface area contributed by atoms with Gasteiger partial charge >= 0.3 is 5.97 Å². The summed E-state index contributed by atoms with van der Waals surface area (Å²) in [4.78, 5) is 24.9. The maximum absolute atomic E-state index is 13.0. The molecule has 5 nitrogen and oxygen atoms in total. The van der Waals surface area contributed by atoms with E-state index >= 15 is 0 Å². The van der Waals surface area contributed by atoms with Crippen LogP contribution in [0.3, 0.4) is 0 Å². The average Bonchev–Trinajstić information content (AvgIpc) is 2.52. The summed E-state index contributed by atoms with van der Waals surface area (Å²) in [5, 5.41) is 11.6. The minimum Gasteiger partial charge on any atom is -0.467 e. The topological polar surface area (TPSA) is 79.2 Å². The van der Waals surface area contributed by atoms with E-state index < -0.39 is 12.0 Å². The number of nitrogens with zero attached hydrogens (tertiary/aromatic N) is 1. The van der Waals surface area contributed by atoms with Gasteiger partial charge in [-0.1, -0.05) is 0 Å². The van der Waals surface area contributed by atoms with E-state index in [0.29, 0.717) is 37.0 Å². The number of nitriles is 1. The third kappa shape index (κ3) is 3.22. The van der Waals surface area contributed by atoms with Gasteiger partial charge in [0.2, 0.25) is 5.91 Å². The number of hydrogen-bond acceptors (Lipinski definition) is 4. The van der Waals surface area contributed by atoms with Crippen molar-refractivity contribution in [2.45, 2.75) is 63.8 Å². The van der Waals surface area contributed by atoms with E-state index in [4.69, 9.17) is 10.00 Å². The van der Waals surface area contributed by atoms with Gasteiger partial charge in [0.05, 0.1) is 13.2 Å². The van der Waals surface area contributed by atoms with Gasteiger partial charge in [-0.3, -0.25) is 4.79 Å². The molecule has 4 aliphatic rings. The fourth-order valence-electron chi connectivity index (χ4n) is 5.48. The molecular formula is C18H26N2O3. The van der Waals surface area contributed by atoms with E-state index in [1.54, 1.807) is 0 Å². The van der Waals surface area contributed by atoms with Gasteiger partial charge in [0.1, 0.15) is 6.04 Å². The molecule has 4 bridgehead atoms. The number of carbonyl (C=O) groups is 2. The molecule has 0 spiro atoms. The number of amides is 1. The molecule has 0 unspecified atom stereocenters. The highest BCUT2D eigenvalue weighted by Gasteiger charge is 2.54. The predicted octanol–water partition coefficient (Wildman–Crippen LogP) is 2.55. The van der Waals surface area contributed by atoms with Gasteiger partial charge in [-0.25, -0.2) is 4.79 Å². The number of nitrogens with one attached hydrogen (secondary N) is 1. The molecular weight excluding hydrogens is 292 g/mol. The molecule has 4 fully saturated rings. The van der Waals surface area contributed by atoms with Crippen LogP contribution in [-0.4, -0.2) is 25.0 Å². The molecule has 1 N–H and O–H groups in total. The Balaban J connectivity index is 1.66. The number of unbranched alkanes of at least 4 members (excludes halogenated alkanes) is 1. The second kappa shape index (κ2) is 6.51. The number of carbonyl (C=O) groups excluding carboxylic acids is 2. The molecule has 0 heterocycles. The predicted molar refractivity (Wildman–Crippen MR) is 84.0 cm³/mol. The highest BCUT2D eigenvalue weighted by atomic mass is 16.5. The van der Waals surface area contributed by atoms with Crippen LogP contribution in [0, 0.1) is 34.5 Å². The first-order valence-electron chi connectivity index (χ1n) is 8.82. The van der Waals surface area contributed by atoms with E-state index in [1.807, 2.05) is 0 Å². The molecule has 4 saturated carbocycles. The molecule has 126 valence electrons. The first kappa shape index (κ1) is 16.3. The Kier molecular flexibility index (Phi) is 4.61. The molecule has 4 rings (SSSR count). The second-order valence-corrected chi connectivity index (χ2v) is 7.80. The van der Waals surface area contributed by atoms with Gasteiger partial charge in [-0.15, -0.1) is 0 Å². The van der Waals surface area contributed by atoms with Crippen LogP contribution in [0.2, 0.25) is 0 Å². The fourth-order valence-corrected chi connectivity index (χ4v) is 5.48. The van der Waals surface area contributed by atoms with Crippen molar-refractivity contribution in [3.8, 4) is 6.07 Å². The van der Waals surface area contributed by atoms with Crippen molar-refractivity contribution in [1.82, 2.24) is 5.32 Å². The van der Waals surface area contributed by atoms with Crippen molar-refractivity contribution in [1.29, 1.82) is 5.26 Å². The van der Waals surface area contributed by atoms with Gasteiger partial charge in [-0.2, -0.15) is 5.26 Å². The molecule has 23 heavy (non-hydrogen) atoms. The zero-order chi connectivity index (χ0) is 16.4. The quantitative estimate of drug-likeness (QED) is 0.603. The average molecular weight is 318 g/mol. The first-order chi connectivity index (χ1) is 11.1. The van der Waals surface area contributed by atoms with Crippen LogP contribution in [0.25, 0.3) is 0 Å². The SMILES string of the molecule is COC(=O)[C@H](CCCC#N)NC(=O)C12CC3CC(CC(C3)C1)C2. The lowest BCUT2D eigenvalue weighted by Crippen LogP contribution is -2.56. The molecule has 0 aliphatic heterocycles. The summed E-state index contributed by atoms with van der Waals surface area (Å²) >= 11 is 0. The Morgan fingerprint density at radius 1 is 1.22 bits per heavy atom. The van der Waals surface area contributed by atoms with Crippen LogP contribution >= 0.6 is 0 Å². The van der Waals surface area contributed by atoms with Gasteiger partial charge in [-0.05, 0) is 69.1 Å². The molecule has 1 atom stereocenters. The number of ether oxygens (including phenoxy) is 1. The molecule has 0 radical (unpaired) electrons. The lowest BCUT2D eigenvalue weighted by atomic mass is 9.49. The van der Waals surface area contributed by atoms with Gasteiger partial charge in [0, 0.05) is 11.8 Å². The van der Waals surface area contributed by atoms with Crippen LogP contribution in [-0.2, 0) is 14.3 Å². The van der Waals surface area contributed by atoms with E-state index in [0.717, 1.165) is 19.3 Å². The van der Waals surface area contributed by atoms with Crippen LogP contribution in [0.4, 0.5) is 0 Å². The zero-order valence-electron chi connectivity index (χ0n) is 13.8. The summed E-state index contributed by atoms with van der Waals surface area (Å²) in [5.74, 6) is 1.73. The van der Waals surface area contributed by atoms with Gasteiger partial charge in [0.15, 0.2) is 0 Å². The summed E-state index contributed by atoms with van der Waals surface area (Å²) in [5.41, 5.74) is -0.254. The maximum atomic E-state index is 13.0. The molecule has 1 amide bonds. The molecule has 0 aromatic heterocycles. The summed E-state index contributed by atoms with van der Waals surface area (Å²) in [6.07, 6.45) is 8.26. The normalized spacial score (nSPS) is 35.4. The highest BCUT2D eigenvalue weighted by Crippen LogP contribution is 2.60. The van der Waals surface area contributed by atoms with Crippen molar-refractivity contribution in [3.63, 3.8) is 0 Å². The van der Waals surface area contributed by atoms with E-state index in [-0.39, 0.29) is 11.3 Å². The van der Waals surface area contributed by atoms with E-state index in [1.165, 1.54) is 26.4 Å². The minimum absolute atomic E-state index is 0.0453. The smallest absolute Gasteiger partial charge is 0.328 e. The van der Waals surface area contributed by atoms with Crippen molar-refractivity contribution < 1.29 is 14.3 Å². The highest BCUT2D eigenvalue weighted by molar-refractivity contribution is 5.88. The Morgan fingerprint density at radius 3 is 2.26 bits per heavy atom. The van der Waals surface area contributed by atoms with Gasteiger partial charge < -0.3 is 10.1 Å². The maximum Gasteiger partial charge on any atom is 0.328 e. The van der Waals surface area contributed by atoms with Crippen LogP contribution in [0.1, 0.15) is 57.8 Å². The fraction of sp³-hybridized carbons (Fsp3) is 0.833. The summed E-state index contributed by atoms with van der Waals surface area (Å²) in [6.45, 7) is 0. The molecule has 0 aromatic rings. The Morgan fingerprint density at radius 2 is 1.78 bits per heavy atom. The van der Waals surface area contributed by atoms with Crippen molar-refractivity contribution >= 4 is 11.9 Å². The van der Waals surface area contributed by atoms with Crippen molar-refractivity contribution in [3.05, 3.63) is 0 Å². The van der Waals surface area contributed by atoms with E-state index in [9.17, 15) is 9.59 Å². The summed E-state index contributed by atoms with van der Waals surface area (Å²) in [7, 11) is 1.34. The summed E-state index contributed by atoms with van der Waals surface area (Å²) in [6, 6.07) is 1.46. The van der Waals surface area contributed by atoms with Crippen LogP contribution < -0.4 is 5.32 Å². The monoisotopic (exact) mass is 318 g/mol. The van der Waals surface area contributed by atoms with Crippen molar-refractivity contribution in [2.24, 2.45) is 23.2 Å². The lowest BCUT2D eigenvalue weighted by Gasteiger charge is -2.55. The van der Waals surface area contributed by atoms with Crippen LogP contribution in [0.5, 0.6) is 0 Å². The van der Waals surface area contributed by atoms with Crippen LogP contribution in [0.15, 0.2) is 0 Å². The van der Waals surface area contributed by atoms with Gasteiger partial charge in [0.25, 0.3) is 0 Å². The number of esters is 1. The third-order valence-electron chi connectivity index (χ3n) is 6.09. The number of hydrogen-bond donors (Lipinski definition) is 1. The Bertz CT molecular complexity index is 488. The third-order valence-corrected chi connectivity index (χ3v) is 6.09. The largest absolute Gasteiger partial charge is 0.467 e. The van der Waals surface area contributed by atoms with E-state index in [2.05, 4.69) is 11.4 Å². The number of methoxy groups -OCH3 is 1. The molecule has 5 heteroatoms. The standard InChI is InChI=1S/C18H26N2O3/c1-23-16(21)15(4-2-3-5-19)20-17(22)18-9-12-6-13(10-18)8-14(7-12)11-18/h12-15H,2-4,6-11H2,1H3,(H,20,22)/t12?,13?,14?,15-,18?/m0/s1. The zero-order valence-corrected chi connectivity index (χ0v) is 13.8. The van der Waals surface area contributed by atoms with Crippen molar-refractivity contribution in [2.75, 3.05) is 7.11 Å². The molecule has 0 aromatic carbocycles. The summed E-state index contributed by atoms with van der Waals surface area (Å²) < 4.78 is 4.83. The molecule has 0 saturated heterocycles. The Labute approximate surface area is 137 Å². The lowest BCUT2D eigenvalue weighted by molar-refractivity contribution is -0.153. The first-order valence-corrected chi connectivity index (χ1v) is 8.82. The molecule has 4 aliphatic carbocycles.